The van der Waals surface area contributed by atoms with Crippen LogP contribution in [0.4, 0.5) is 0 Å². The summed E-state index contributed by atoms with van der Waals surface area (Å²) in [6, 6.07) is 7.14. The van der Waals surface area contributed by atoms with Crippen LogP contribution in [0.2, 0.25) is 0 Å². The van der Waals surface area contributed by atoms with Gasteiger partial charge in [-0.25, -0.2) is 0 Å². The number of likely N-dealkylation sites (tertiary alicyclic amines) is 1. The van der Waals surface area contributed by atoms with Crippen LogP contribution in [0.1, 0.15) is 49.9 Å². The second-order valence-electron chi connectivity index (χ2n) is 7.85. The van der Waals surface area contributed by atoms with E-state index >= 15 is 0 Å². The highest BCUT2D eigenvalue weighted by molar-refractivity contribution is 5.95. The van der Waals surface area contributed by atoms with Crippen LogP contribution in [0.5, 0.6) is 5.75 Å². The lowest BCUT2D eigenvalue weighted by atomic mass is 9.72. The zero-order chi connectivity index (χ0) is 19.4. The summed E-state index contributed by atoms with van der Waals surface area (Å²) in [5, 5.41) is 3.21. The molecule has 2 aliphatic heterocycles. The van der Waals surface area contributed by atoms with Crippen molar-refractivity contribution in [3.8, 4) is 5.75 Å². The molecule has 2 fully saturated rings. The Balaban J connectivity index is 1.48. The fraction of sp³-hybridized carbons (Fsp3) is 0.619. The highest BCUT2D eigenvalue weighted by Gasteiger charge is 2.58. The van der Waals surface area contributed by atoms with Crippen LogP contribution in [0.3, 0.4) is 0 Å². The van der Waals surface area contributed by atoms with Crippen LogP contribution in [-0.2, 0) is 9.53 Å². The Bertz CT molecular complexity index is 667. The molecule has 1 spiro atoms. The summed E-state index contributed by atoms with van der Waals surface area (Å²) >= 11 is 0. The molecule has 3 rings (SSSR count). The maximum Gasteiger partial charge on any atom is 0.310 e. The summed E-state index contributed by atoms with van der Waals surface area (Å²) in [5.41, 5.74) is 0.525. The average Bonchev–Trinajstić information content (AvgIpc) is 2.64. The van der Waals surface area contributed by atoms with Gasteiger partial charge >= 0.3 is 5.97 Å². The van der Waals surface area contributed by atoms with Crippen molar-refractivity contribution in [1.82, 2.24) is 10.2 Å². The zero-order valence-electron chi connectivity index (χ0n) is 16.5. The van der Waals surface area contributed by atoms with Gasteiger partial charge in [-0.2, -0.15) is 0 Å². The predicted molar refractivity (Wildman–Crippen MR) is 103 cm³/mol. The van der Waals surface area contributed by atoms with Gasteiger partial charge in [0.1, 0.15) is 5.75 Å². The molecule has 0 radical (unpaired) electrons. The zero-order valence-corrected chi connectivity index (χ0v) is 16.5. The fourth-order valence-electron chi connectivity index (χ4n) is 3.74. The number of hydrogen-bond acceptors (Lipinski definition) is 5. The van der Waals surface area contributed by atoms with Gasteiger partial charge in [-0.15, -0.1) is 0 Å². The summed E-state index contributed by atoms with van der Waals surface area (Å²) in [5.74, 6) is 0.527. The highest BCUT2D eigenvalue weighted by Crippen LogP contribution is 2.41. The quantitative estimate of drug-likeness (QED) is 0.560. The van der Waals surface area contributed by atoms with Crippen molar-refractivity contribution >= 4 is 11.9 Å². The molecular weight excluding hydrogens is 344 g/mol. The van der Waals surface area contributed by atoms with Crippen LogP contribution in [0.25, 0.3) is 0 Å². The molecular formula is C21H30N2O4. The van der Waals surface area contributed by atoms with Gasteiger partial charge in [-0.3, -0.25) is 14.9 Å². The Hall–Kier alpha value is -2.08. The third kappa shape index (κ3) is 4.10. The number of nitrogens with one attached hydrogen (secondary N) is 1. The van der Waals surface area contributed by atoms with Crippen molar-refractivity contribution in [3.63, 3.8) is 0 Å². The number of hydrogen-bond donors (Lipinski definition) is 1. The van der Waals surface area contributed by atoms with Gasteiger partial charge in [-0.1, -0.05) is 33.1 Å². The van der Waals surface area contributed by atoms with Crippen molar-refractivity contribution in [3.05, 3.63) is 29.8 Å². The lowest BCUT2D eigenvalue weighted by Gasteiger charge is -2.59. The van der Waals surface area contributed by atoms with Gasteiger partial charge in [0.2, 0.25) is 0 Å². The summed E-state index contributed by atoms with van der Waals surface area (Å²) < 4.78 is 10.8. The van der Waals surface area contributed by atoms with Crippen molar-refractivity contribution in [2.24, 2.45) is 11.3 Å². The summed E-state index contributed by atoms with van der Waals surface area (Å²) in [7, 11) is 1.60. The van der Waals surface area contributed by atoms with Gasteiger partial charge in [0.15, 0.2) is 6.23 Å². The fourth-order valence-corrected chi connectivity index (χ4v) is 3.74. The number of amides is 1. The monoisotopic (exact) mass is 374 g/mol. The molecule has 1 aromatic rings. The van der Waals surface area contributed by atoms with Gasteiger partial charge in [0.05, 0.1) is 18.4 Å². The summed E-state index contributed by atoms with van der Waals surface area (Å²) in [6.07, 6.45) is 3.94. The third-order valence-electron chi connectivity index (χ3n) is 5.71. The van der Waals surface area contributed by atoms with E-state index < -0.39 is 0 Å². The lowest BCUT2D eigenvalue weighted by molar-refractivity contribution is -0.196. The lowest BCUT2D eigenvalue weighted by Crippen LogP contribution is -2.78. The molecule has 148 valence electrons. The molecule has 0 saturated carbocycles. The summed E-state index contributed by atoms with van der Waals surface area (Å²) in [6.45, 7) is 6.10. The number of rotatable bonds is 8. The topological polar surface area (TPSA) is 67.9 Å². The van der Waals surface area contributed by atoms with Crippen LogP contribution in [-0.4, -0.2) is 49.7 Å². The Labute approximate surface area is 161 Å². The van der Waals surface area contributed by atoms with E-state index in [4.69, 9.17) is 9.47 Å². The Morgan fingerprint density at radius 1 is 1.26 bits per heavy atom. The first-order valence-corrected chi connectivity index (χ1v) is 9.86. The molecule has 2 aliphatic rings. The maximum absolute atomic E-state index is 12.6. The third-order valence-corrected chi connectivity index (χ3v) is 5.71. The van der Waals surface area contributed by atoms with Gasteiger partial charge in [0.25, 0.3) is 5.91 Å². The van der Waals surface area contributed by atoms with Crippen molar-refractivity contribution in [2.45, 2.75) is 45.8 Å². The molecule has 1 amide bonds. The number of nitrogens with zero attached hydrogens (tertiary/aromatic N) is 1. The van der Waals surface area contributed by atoms with E-state index in [1.807, 2.05) is 11.8 Å². The number of methoxy groups -OCH3 is 1. The van der Waals surface area contributed by atoms with Gasteiger partial charge in [-0.05, 0) is 30.7 Å². The standard InChI is InChI=1S/C21H30N2O4/c1-4-5-6-7-15(2)19(25)27-20-21(12-22-20)13-23(14-21)18(24)16-8-10-17(26-3)11-9-16/h8-11,15,20,22H,4-7,12-14H2,1-3H3. The van der Waals surface area contributed by atoms with Crippen molar-refractivity contribution < 1.29 is 19.1 Å². The van der Waals surface area contributed by atoms with Crippen LogP contribution >= 0.6 is 0 Å². The second-order valence-corrected chi connectivity index (χ2v) is 7.85. The first kappa shape index (κ1) is 19.7. The normalized spacial score (nSPS) is 21.1. The Kier molecular flexibility index (Phi) is 6.05. The Morgan fingerprint density at radius 3 is 2.52 bits per heavy atom. The largest absolute Gasteiger partial charge is 0.497 e. The first-order chi connectivity index (χ1) is 13.0. The first-order valence-electron chi connectivity index (χ1n) is 9.86. The van der Waals surface area contributed by atoms with E-state index in [0.29, 0.717) is 18.7 Å². The number of carbonyl (C=O) groups excluding carboxylic acids is 2. The predicted octanol–water partition coefficient (Wildman–Crippen LogP) is 2.83. The highest BCUT2D eigenvalue weighted by atomic mass is 16.6. The smallest absolute Gasteiger partial charge is 0.310 e. The second kappa shape index (κ2) is 8.30. The molecule has 2 unspecified atom stereocenters. The van der Waals surface area contributed by atoms with Crippen LogP contribution < -0.4 is 10.1 Å². The Morgan fingerprint density at radius 2 is 1.96 bits per heavy atom. The van der Waals surface area contributed by atoms with E-state index in [-0.39, 0.29) is 29.4 Å². The molecule has 2 heterocycles. The molecule has 1 N–H and O–H groups in total. The van der Waals surface area contributed by atoms with Gasteiger partial charge < -0.3 is 14.4 Å². The molecule has 1 aromatic carbocycles. The molecule has 2 saturated heterocycles. The molecule has 27 heavy (non-hydrogen) atoms. The number of ether oxygens (including phenoxy) is 2. The maximum atomic E-state index is 12.6. The number of esters is 1. The minimum Gasteiger partial charge on any atom is -0.497 e. The van der Waals surface area contributed by atoms with Crippen molar-refractivity contribution in [2.75, 3.05) is 26.7 Å². The number of benzene rings is 1. The van der Waals surface area contributed by atoms with E-state index in [2.05, 4.69) is 12.2 Å². The average molecular weight is 374 g/mol. The van der Waals surface area contributed by atoms with E-state index in [9.17, 15) is 9.59 Å². The minimum absolute atomic E-state index is 0.00758. The van der Waals surface area contributed by atoms with E-state index in [1.54, 1.807) is 31.4 Å². The van der Waals surface area contributed by atoms with E-state index in [1.165, 1.54) is 0 Å². The van der Waals surface area contributed by atoms with Crippen molar-refractivity contribution in [1.29, 1.82) is 0 Å². The van der Waals surface area contributed by atoms with Crippen LogP contribution in [0, 0.1) is 11.3 Å². The molecule has 2 atom stereocenters. The van der Waals surface area contributed by atoms with Gasteiger partial charge in [0, 0.05) is 25.2 Å². The molecule has 6 heteroatoms. The number of carbonyl (C=O) groups is 2. The summed E-state index contributed by atoms with van der Waals surface area (Å²) in [4.78, 5) is 26.7. The SMILES string of the molecule is CCCCCC(C)C(=O)OC1NCC12CN(C(=O)c1ccc(OC)cc1)C2. The van der Waals surface area contributed by atoms with E-state index in [0.717, 1.165) is 38.0 Å². The van der Waals surface area contributed by atoms with Crippen LogP contribution in [0.15, 0.2) is 24.3 Å². The molecule has 6 nitrogen and oxygen atoms in total. The number of unbranched alkanes of at least 4 members (excludes halogenated alkanes) is 2. The molecule has 0 bridgehead atoms. The minimum atomic E-state index is -0.279. The molecule has 0 aromatic heterocycles. The molecule has 0 aliphatic carbocycles.